The highest BCUT2D eigenvalue weighted by Gasteiger charge is 2.11. The number of hydrogen-bond donors (Lipinski definition) is 2. The predicted octanol–water partition coefficient (Wildman–Crippen LogP) is 1.77. The van der Waals surface area contributed by atoms with Gasteiger partial charge in [0.1, 0.15) is 5.82 Å². The first-order chi connectivity index (χ1) is 9.72. The molecule has 0 saturated carbocycles. The molecule has 0 aliphatic rings. The molecule has 1 aromatic rings. The number of nitrogens with one attached hydrogen (secondary N) is 1. The summed E-state index contributed by atoms with van der Waals surface area (Å²) in [5.74, 6) is -0.259. The quantitative estimate of drug-likeness (QED) is 0.643. The zero-order chi connectivity index (χ0) is 14.8. The number of hydrogen-bond acceptors (Lipinski definition) is 4. The van der Waals surface area contributed by atoms with Gasteiger partial charge in [-0.25, -0.2) is 4.39 Å². The zero-order valence-electron chi connectivity index (χ0n) is 12.4. The third kappa shape index (κ3) is 5.45. The zero-order valence-corrected chi connectivity index (χ0v) is 12.4. The van der Waals surface area contributed by atoms with Crippen molar-refractivity contribution in [1.82, 2.24) is 5.32 Å². The lowest BCUT2D eigenvalue weighted by Gasteiger charge is -2.24. The van der Waals surface area contributed by atoms with E-state index >= 15 is 0 Å². The van der Waals surface area contributed by atoms with E-state index in [2.05, 4.69) is 12.2 Å². The maximum atomic E-state index is 14.2. The van der Waals surface area contributed by atoms with Crippen LogP contribution in [0, 0.1) is 5.82 Å². The third-order valence-corrected chi connectivity index (χ3v) is 3.04. The van der Waals surface area contributed by atoms with Crippen LogP contribution in [0.5, 0.6) is 0 Å². The van der Waals surface area contributed by atoms with Crippen LogP contribution in [0.1, 0.15) is 18.9 Å². The molecule has 2 N–H and O–H groups in total. The van der Waals surface area contributed by atoms with E-state index in [0.717, 1.165) is 18.5 Å². The number of nitrogens with zero attached hydrogens (tertiary/aromatic N) is 1. The van der Waals surface area contributed by atoms with Gasteiger partial charge in [-0.05, 0) is 30.7 Å². The monoisotopic (exact) mass is 284 g/mol. The van der Waals surface area contributed by atoms with Crippen LogP contribution in [0.2, 0.25) is 0 Å². The molecular formula is C15H25FN2O2. The largest absolute Gasteiger partial charge is 0.395 e. The summed E-state index contributed by atoms with van der Waals surface area (Å²) < 4.78 is 19.2. The molecule has 1 rings (SSSR count). The van der Waals surface area contributed by atoms with Crippen molar-refractivity contribution in [2.45, 2.75) is 19.9 Å². The first-order valence-electron chi connectivity index (χ1n) is 7.06. The van der Waals surface area contributed by atoms with Gasteiger partial charge in [-0.1, -0.05) is 13.0 Å². The molecule has 114 valence electrons. The van der Waals surface area contributed by atoms with Gasteiger partial charge in [-0.15, -0.1) is 0 Å². The molecule has 20 heavy (non-hydrogen) atoms. The molecule has 0 saturated heterocycles. The van der Waals surface area contributed by atoms with Crippen LogP contribution >= 0.6 is 0 Å². The van der Waals surface area contributed by atoms with Crippen molar-refractivity contribution in [2.75, 3.05) is 44.9 Å². The van der Waals surface area contributed by atoms with Gasteiger partial charge in [0, 0.05) is 26.7 Å². The highest BCUT2D eigenvalue weighted by molar-refractivity contribution is 5.49. The minimum Gasteiger partial charge on any atom is -0.395 e. The van der Waals surface area contributed by atoms with Crippen molar-refractivity contribution < 1.29 is 14.2 Å². The van der Waals surface area contributed by atoms with Crippen molar-refractivity contribution in [1.29, 1.82) is 0 Å². The minimum atomic E-state index is -0.259. The lowest BCUT2D eigenvalue weighted by molar-refractivity contribution is 0.202. The summed E-state index contributed by atoms with van der Waals surface area (Å²) in [6.07, 6.45) is 1.06. The SMILES string of the molecule is CCCNCc1ccc(N(CCO)CCOC)c(F)c1. The molecule has 4 nitrogen and oxygen atoms in total. The number of rotatable bonds is 10. The highest BCUT2D eigenvalue weighted by Crippen LogP contribution is 2.20. The number of methoxy groups -OCH3 is 1. The lowest BCUT2D eigenvalue weighted by Crippen LogP contribution is -2.31. The van der Waals surface area contributed by atoms with Crippen molar-refractivity contribution in [3.8, 4) is 0 Å². The Morgan fingerprint density at radius 1 is 1.35 bits per heavy atom. The molecule has 0 heterocycles. The van der Waals surface area contributed by atoms with Crippen molar-refractivity contribution in [3.63, 3.8) is 0 Å². The average Bonchev–Trinajstić information content (AvgIpc) is 2.44. The molecular weight excluding hydrogens is 259 g/mol. The predicted molar refractivity (Wildman–Crippen MR) is 79.6 cm³/mol. The summed E-state index contributed by atoms with van der Waals surface area (Å²) in [5, 5.41) is 12.3. The molecule has 0 fully saturated rings. The van der Waals surface area contributed by atoms with Crippen LogP contribution in [0.15, 0.2) is 18.2 Å². The minimum absolute atomic E-state index is 0.0110. The van der Waals surface area contributed by atoms with Crippen LogP contribution in [0.3, 0.4) is 0 Å². The Bertz CT molecular complexity index is 388. The summed E-state index contributed by atoms with van der Waals surface area (Å²) in [7, 11) is 1.61. The fraction of sp³-hybridized carbons (Fsp3) is 0.600. The summed E-state index contributed by atoms with van der Waals surface area (Å²) in [6.45, 7) is 5.13. The van der Waals surface area contributed by atoms with Gasteiger partial charge in [0.2, 0.25) is 0 Å². The third-order valence-electron chi connectivity index (χ3n) is 3.04. The molecule has 0 atom stereocenters. The molecule has 0 aromatic heterocycles. The molecule has 0 bridgehead atoms. The van der Waals surface area contributed by atoms with Gasteiger partial charge in [-0.2, -0.15) is 0 Å². The molecule has 0 aliphatic heterocycles. The Labute approximate surface area is 120 Å². The smallest absolute Gasteiger partial charge is 0.146 e. The molecule has 5 heteroatoms. The second-order valence-corrected chi connectivity index (χ2v) is 4.67. The van der Waals surface area contributed by atoms with E-state index in [1.54, 1.807) is 24.1 Å². The summed E-state index contributed by atoms with van der Waals surface area (Å²) in [5.41, 5.74) is 1.44. The molecule has 0 amide bonds. The Morgan fingerprint density at radius 2 is 2.15 bits per heavy atom. The van der Waals surface area contributed by atoms with E-state index in [1.807, 2.05) is 6.07 Å². The number of halogens is 1. The van der Waals surface area contributed by atoms with Gasteiger partial charge in [0.15, 0.2) is 0 Å². The molecule has 0 radical (unpaired) electrons. The van der Waals surface area contributed by atoms with E-state index in [4.69, 9.17) is 9.84 Å². The number of aliphatic hydroxyl groups is 1. The van der Waals surface area contributed by atoms with Gasteiger partial charge in [-0.3, -0.25) is 0 Å². The van der Waals surface area contributed by atoms with Gasteiger partial charge in [0.25, 0.3) is 0 Å². The van der Waals surface area contributed by atoms with Crippen molar-refractivity contribution in [2.24, 2.45) is 0 Å². The van der Waals surface area contributed by atoms with Gasteiger partial charge >= 0.3 is 0 Å². The second-order valence-electron chi connectivity index (χ2n) is 4.67. The fourth-order valence-corrected chi connectivity index (χ4v) is 2.00. The standard InChI is InChI=1S/C15H25FN2O2/c1-3-6-17-12-13-4-5-15(14(16)11-13)18(7-9-19)8-10-20-2/h4-5,11,17,19H,3,6-10,12H2,1-2H3. The summed E-state index contributed by atoms with van der Waals surface area (Å²) in [6, 6.07) is 5.23. The first kappa shape index (κ1) is 16.9. The molecule has 1 aromatic carbocycles. The maximum absolute atomic E-state index is 14.2. The molecule has 0 unspecified atom stereocenters. The van der Waals surface area contributed by atoms with E-state index in [9.17, 15) is 4.39 Å². The van der Waals surface area contributed by atoms with Gasteiger partial charge in [0.05, 0.1) is 18.9 Å². The van der Waals surface area contributed by atoms with Crippen LogP contribution < -0.4 is 10.2 Å². The van der Waals surface area contributed by atoms with Crippen molar-refractivity contribution >= 4 is 5.69 Å². The normalized spacial score (nSPS) is 10.8. The fourth-order valence-electron chi connectivity index (χ4n) is 2.00. The van der Waals surface area contributed by atoms with Crippen LogP contribution in [-0.4, -0.2) is 45.1 Å². The van der Waals surface area contributed by atoms with Crippen LogP contribution in [0.4, 0.5) is 10.1 Å². The molecule has 0 spiro atoms. The van der Waals surface area contributed by atoms with E-state index in [1.165, 1.54) is 0 Å². The topological polar surface area (TPSA) is 44.7 Å². The van der Waals surface area contributed by atoms with Crippen molar-refractivity contribution in [3.05, 3.63) is 29.6 Å². The molecule has 0 aliphatic carbocycles. The number of ether oxygens (including phenoxy) is 1. The first-order valence-corrected chi connectivity index (χ1v) is 7.06. The number of aliphatic hydroxyl groups excluding tert-OH is 1. The highest BCUT2D eigenvalue weighted by atomic mass is 19.1. The Balaban J connectivity index is 2.72. The Hall–Kier alpha value is -1.17. The number of benzene rings is 1. The van der Waals surface area contributed by atoms with Crippen LogP contribution in [0.25, 0.3) is 0 Å². The van der Waals surface area contributed by atoms with E-state index in [0.29, 0.717) is 31.9 Å². The second kappa shape index (κ2) is 9.69. The summed E-state index contributed by atoms with van der Waals surface area (Å²) in [4.78, 5) is 1.79. The lowest BCUT2D eigenvalue weighted by atomic mass is 10.1. The van der Waals surface area contributed by atoms with Gasteiger partial charge < -0.3 is 20.1 Å². The summed E-state index contributed by atoms with van der Waals surface area (Å²) >= 11 is 0. The average molecular weight is 284 g/mol. The Morgan fingerprint density at radius 3 is 2.75 bits per heavy atom. The number of anilines is 1. The Kier molecular flexibility index (Phi) is 8.18. The van der Waals surface area contributed by atoms with E-state index in [-0.39, 0.29) is 12.4 Å². The van der Waals surface area contributed by atoms with Crippen LogP contribution in [-0.2, 0) is 11.3 Å². The maximum Gasteiger partial charge on any atom is 0.146 e. The van der Waals surface area contributed by atoms with E-state index < -0.39 is 0 Å².